The standard InChI is InChI=1S/C11H8ClF3N2OS/c12-7-3-1-2-4-8(7)16-10-17(6-11(13,14)15)9(18)5-19-10/h1-4H,5-6H2. The second kappa shape index (κ2) is 5.42. The molecule has 0 atom stereocenters. The third-order valence-electron chi connectivity index (χ3n) is 2.26. The van der Waals surface area contributed by atoms with Crippen molar-refractivity contribution in [2.75, 3.05) is 12.3 Å². The van der Waals surface area contributed by atoms with Gasteiger partial charge in [-0.05, 0) is 12.1 Å². The summed E-state index contributed by atoms with van der Waals surface area (Å²) in [6.07, 6.45) is -4.46. The molecular formula is C11H8ClF3N2OS. The Morgan fingerprint density at radius 3 is 2.68 bits per heavy atom. The Labute approximate surface area is 116 Å². The molecule has 1 amide bonds. The third-order valence-corrected chi connectivity index (χ3v) is 3.54. The quantitative estimate of drug-likeness (QED) is 0.838. The summed E-state index contributed by atoms with van der Waals surface area (Å²) in [6.45, 7) is -1.33. The van der Waals surface area contributed by atoms with Gasteiger partial charge in [0, 0.05) is 0 Å². The number of para-hydroxylation sites is 1. The second-order valence-corrected chi connectivity index (χ2v) is 5.08. The summed E-state index contributed by atoms with van der Waals surface area (Å²) in [5, 5.41) is 0.345. The predicted molar refractivity (Wildman–Crippen MR) is 68.8 cm³/mol. The number of nitrogens with zero attached hydrogens (tertiary/aromatic N) is 2. The lowest BCUT2D eigenvalue weighted by molar-refractivity contribution is -0.150. The lowest BCUT2D eigenvalue weighted by atomic mass is 10.3. The van der Waals surface area contributed by atoms with Crippen LogP contribution >= 0.6 is 23.4 Å². The molecule has 0 radical (unpaired) electrons. The van der Waals surface area contributed by atoms with Crippen molar-refractivity contribution in [2.24, 2.45) is 4.99 Å². The highest BCUT2D eigenvalue weighted by Crippen LogP contribution is 2.30. The molecule has 0 bridgehead atoms. The summed E-state index contributed by atoms with van der Waals surface area (Å²) >= 11 is 6.85. The Bertz CT molecular complexity index is 533. The van der Waals surface area contributed by atoms with Crippen LogP contribution in [0.25, 0.3) is 0 Å². The van der Waals surface area contributed by atoms with E-state index in [1.165, 1.54) is 0 Å². The molecule has 1 aliphatic rings. The van der Waals surface area contributed by atoms with E-state index in [0.29, 0.717) is 15.6 Å². The lowest BCUT2D eigenvalue weighted by Gasteiger charge is -2.17. The first-order valence-electron chi connectivity index (χ1n) is 5.20. The van der Waals surface area contributed by atoms with E-state index in [2.05, 4.69) is 4.99 Å². The number of alkyl halides is 3. The highest BCUT2D eigenvalue weighted by Gasteiger charge is 2.38. The SMILES string of the molecule is O=C1CSC(=Nc2ccccc2Cl)N1CC(F)(F)F. The molecule has 0 saturated carbocycles. The van der Waals surface area contributed by atoms with Crippen molar-refractivity contribution in [2.45, 2.75) is 6.18 Å². The molecule has 1 aromatic carbocycles. The summed E-state index contributed by atoms with van der Waals surface area (Å²) in [5.41, 5.74) is 0.341. The van der Waals surface area contributed by atoms with Crippen molar-refractivity contribution >= 4 is 40.1 Å². The number of carbonyl (C=O) groups excluding carboxylic acids is 1. The maximum Gasteiger partial charge on any atom is 0.406 e. The average molecular weight is 309 g/mol. The van der Waals surface area contributed by atoms with Gasteiger partial charge in [-0.3, -0.25) is 9.69 Å². The van der Waals surface area contributed by atoms with E-state index in [1.54, 1.807) is 24.3 Å². The zero-order valence-corrected chi connectivity index (χ0v) is 11.0. The number of benzene rings is 1. The van der Waals surface area contributed by atoms with Gasteiger partial charge in [-0.25, -0.2) is 4.99 Å². The van der Waals surface area contributed by atoms with Gasteiger partial charge in [0.05, 0.1) is 16.5 Å². The van der Waals surface area contributed by atoms with Gasteiger partial charge in [0.25, 0.3) is 0 Å². The fourth-order valence-corrected chi connectivity index (χ4v) is 2.53. The lowest BCUT2D eigenvalue weighted by Crippen LogP contribution is -2.38. The Morgan fingerprint density at radius 2 is 2.05 bits per heavy atom. The van der Waals surface area contributed by atoms with Crippen LogP contribution in [0.3, 0.4) is 0 Å². The number of aliphatic imine (C=N–C) groups is 1. The monoisotopic (exact) mass is 308 g/mol. The molecule has 1 heterocycles. The average Bonchev–Trinajstić information content (AvgIpc) is 2.63. The highest BCUT2D eigenvalue weighted by molar-refractivity contribution is 8.15. The van der Waals surface area contributed by atoms with Crippen LogP contribution in [0.2, 0.25) is 5.02 Å². The van der Waals surface area contributed by atoms with Gasteiger partial charge >= 0.3 is 6.18 Å². The first-order chi connectivity index (χ1) is 8.87. The van der Waals surface area contributed by atoms with Gasteiger partial charge in [-0.15, -0.1) is 0 Å². The molecule has 0 aromatic heterocycles. The van der Waals surface area contributed by atoms with E-state index in [4.69, 9.17) is 11.6 Å². The number of halogens is 4. The largest absolute Gasteiger partial charge is 0.406 e. The van der Waals surface area contributed by atoms with Gasteiger partial charge in [-0.1, -0.05) is 35.5 Å². The number of amides is 1. The number of carbonyl (C=O) groups is 1. The van der Waals surface area contributed by atoms with Gasteiger partial charge in [-0.2, -0.15) is 13.2 Å². The van der Waals surface area contributed by atoms with Crippen molar-refractivity contribution in [3.05, 3.63) is 29.3 Å². The van der Waals surface area contributed by atoms with Crippen LogP contribution in [0.4, 0.5) is 18.9 Å². The van der Waals surface area contributed by atoms with Crippen LogP contribution in [0.15, 0.2) is 29.3 Å². The molecule has 3 nitrogen and oxygen atoms in total. The van der Waals surface area contributed by atoms with Crippen LogP contribution in [0.1, 0.15) is 0 Å². The third kappa shape index (κ3) is 3.63. The molecule has 1 aliphatic heterocycles. The summed E-state index contributed by atoms with van der Waals surface area (Å²) < 4.78 is 37.2. The van der Waals surface area contributed by atoms with Gasteiger partial charge in [0.1, 0.15) is 6.54 Å². The molecule has 1 aromatic rings. The maximum atomic E-state index is 12.4. The Kier molecular flexibility index (Phi) is 4.05. The van der Waals surface area contributed by atoms with E-state index in [1.807, 2.05) is 0 Å². The normalized spacial score (nSPS) is 18.4. The molecule has 8 heteroatoms. The van der Waals surface area contributed by atoms with E-state index < -0.39 is 18.6 Å². The summed E-state index contributed by atoms with van der Waals surface area (Å²) in [6, 6.07) is 6.51. The van der Waals surface area contributed by atoms with E-state index in [-0.39, 0.29) is 10.9 Å². The molecule has 2 rings (SSSR count). The number of amidine groups is 1. The maximum absolute atomic E-state index is 12.4. The first-order valence-corrected chi connectivity index (χ1v) is 6.56. The van der Waals surface area contributed by atoms with Gasteiger partial charge < -0.3 is 0 Å². The highest BCUT2D eigenvalue weighted by atomic mass is 35.5. The number of rotatable bonds is 2. The number of thioether (sulfide) groups is 1. The molecule has 0 spiro atoms. The van der Waals surface area contributed by atoms with Crippen molar-refractivity contribution in [1.29, 1.82) is 0 Å². The van der Waals surface area contributed by atoms with Crippen molar-refractivity contribution in [3.63, 3.8) is 0 Å². The molecule has 0 N–H and O–H groups in total. The minimum absolute atomic E-state index is 0.0235. The smallest absolute Gasteiger partial charge is 0.281 e. The summed E-state index contributed by atoms with van der Waals surface area (Å²) in [5.74, 6) is -0.646. The van der Waals surface area contributed by atoms with Crippen LogP contribution < -0.4 is 0 Å². The second-order valence-electron chi connectivity index (χ2n) is 3.73. The minimum atomic E-state index is -4.46. The minimum Gasteiger partial charge on any atom is -0.281 e. The molecule has 0 unspecified atom stereocenters. The fourth-order valence-electron chi connectivity index (χ4n) is 1.46. The van der Waals surface area contributed by atoms with Crippen LogP contribution in [0, 0.1) is 0 Å². The Balaban J connectivity index is 2.28. The van der Waals surface area contributed by atoms with Gasteiger partial charge in [0.15, 0.2) is 5.17 Å². The molecule has 0 aliphatic carbocycles. The molecular weight excluding hydrogens is 301 g/mol. The topological polar surface area (TPSA) is 32.7 Å². The van der Waals surface area contributed by atoms with Crippen LogP contribution in [-0.2, 0) is 4.79 Å². The Hall–Kier alpha value is -1.21. The predicted octanol–water partition coefficient (Wildman–Crippen LogP) is 3.47. The van der Waals surface area contributed by atoms with E-state index in [0.717, 1.165) is 11.8 Å². The summed E-state index contributed by atoms with van der Waals surface area (Å²) in [4.78, 5) is 16.1. The van der Waals surface area contributed by atoms with Crippen molar-refractivity contribution in [3.8, 4) is 0 Å². The molecule has 1 saturated heterocycles. The van der Waals surface area contributed by atoms with Crippen molar-refractivity contribution < 1.29 is 18.0 Å². The van der Waals surface area contributed by atoms with Crippen LogP contribution in [0.5, 0.6) is 0 Å². The molecule has 102 valence electrons. The summed E-state index contributed by atoms with van der Waals surface area (Å²) in [7, 11) is 0. The molecule has 1 fully saturated rings. The van der Waals surface area contributed by atoms with Crippen molar-refractivity contribution in [1.82, 2.24) is 4.90 Å². The number of hydrogen-bond donors (Lipinski definition) is 0. The van der Waals surface area contributed by atoms with Crippen LogP contribution in [-0.4, -0.2) is 34.4 Å². The van der Waals surface area contributed by atoms with E-state index in [9.17, 15) is 18.0 Å². The Morgan fingerprint density at radius 1 is 1.37 bits per heavy atom. The fraction of sp³-hybridized carbons (Fsp3) is 0.273. The zero-order valence-electron chi connectivity index (χ0n) is 9.45. The molecule has 19 heavy (non-hydrogen) atoms. The van der Waals surface area contributed by atoms with Gasteiger partial charge in [0.2, 0.25) is 5.91 Å². The number of hydrogen-bond acceptors (Lipinski definition) is 3. The first kappa shape index (κ1) is 14.2. The van der Waals surface area contributed by atoms with E-state index >= 15 is 0 Å². The zero-order chi connectivity index (χ0) is 14.0.